The normalized spacial score (nSPS) is 14.8. The third kappa shape index (κ3) is 5.25. The van der Waals surface area contributed by atoms with Gasteiger partial charge in [-0.2, -0.15) is 0 Å². The molecule has 4 heteroatoms. The molecule has 0 aliphatic carbocycles. The first-order valence-corrected chi connectivity index (χ1v) is 9.72. The minimum Gasteiger partial charge on any atom is -0.497 e. The maximum absolute atomic E-state index is 12.6. The molecule has 2 aromatic rings. The van der Waals surface area contributed by atoms with Crippen LogP contribution in [0.15, 0.2) is 48.5 Å². The lowest BCUT2D eigenvalue weighted by atomic mass is 9.90. The van der Waals surface area contributed by atoms with Gasteiger partial charge in [0.15, 0.2) is 0 Å². The Balaban J connectivity index is 1.48. The average molecular weight is 367 g/mol. The topological polar surface area (TPSA) is 38.8 Å². The van der Waals surface area contributed by atoms with E-state index in [4.69, 9.17) is 9.47 Å². The molecule has 1 aliphatic heterocycles. The largest absolute Gasteiger partial charge is 0.497 e. The van der Waals surface area contributed by atoms with Crippen LogP contribution in [0, 0.1) is 5.92 Å². The lowest BCUT2D eigenvalue weighted by Gasteiger charge is -2.32. The van der Waals surface area contributed by atoms with E-state index in [1.54, 1.807) is 14.2 Å². The van der Waals surface area contributed by atoms with Gasteiger partial charge in [0.25, 0.3) is 0 Å². The van der Waals surface area contributed by atoms with E-state index in [1.807, 2.05) is 23.1 Å². The first-order valence-electron chi connectivity index (χ1n) is 9.72. The van der Waals surface area contributed by atoms with Crippen molar-refractivity contribution < 1.29 is 14.3 Å². The molecule has 0 bridgehead atoms. The number of benzene rings is 2. The molecule has 0 radical (unpaired) electrons. The Kier molecular flexibility index (Phi) is 6.74. The zero-order valence-corrected chi connectivity index (χ0v) is 16.3. The summed E-state index contributed by atoms with van der Waals surface area (Å²) in [5.41, 5.74) is 2.41. The van der Waals surface area contributed by atoms with Crippen molar-refractivity contribution in [3.63, 3.8) is 0 Å². The van der Waals surface area contributed by atoms with E-state index >= 15 is 0 Å². The highest BCUT2D eigenvalue weighted by Gasteiger charge is 2.23. The molecule has 1 heterocycles. The minimum absolute atomic E-state index is 0.234. The van der Waals surface area contributed by atoms with Gasteiger partial charge in [0.1, 0.15) is 11.5 Å². The molecule has 2 aromatic carbocycles. The molecule has 3 rings (SSSR count). The monoisotopic (exact) mass is 367 g/mol. The number of amides is 1. The minimum atomic E-state index is 0.234. The van der Waals surface area contributed by atoms with Gasteiger partial charge in [-0.05, 0) is 60.9 Å². The van der Waals surface area contributed by atoms with Crippen LogP contribution >= 0.6 is 0 Å². The van der Waals surface area contributed by atoms with Gasteiger partial charge in [-0.15, -0.1) is 0 Å². The second kappa shape index (κ2) is 9.45. The van der Waals surface area contributed by atoms with Crippen molar-refractivity contribution in [3.8, 4) is 11.5 Å². The summed E-state index contributed by atoms with van der Waals surface area (Å²) < 4.78 is 10.7. The number of piperidine rings is 1. The fourth-order valence-corrected chi connectivity index (χ4v) is 3.81. The molecule has 0 N–H and O–H groups in total. The fourth-order valence-electron chi connectivity index (χ4n) is 3.81. The van der Waals surface area contributed by atoms with Crippen molar-refractivity contribution in [2.75, 3.05) is 27.3 Å². The summed E-state index contributed by atoms with van der Waals surface area (Å²) in [6, 6.07) is 16.4. The molecular formula is C23H29NO3. The molecule has 4 nitrogen and oxygen atoms in total. The van der Waals surface area contributed by atoms with E-state index < -0.39 is 0 Å². The van der Waals surface area contributed by atoms with Gasteiger partial charge >= 0.3 is 0 Å². The summed E-state index contributed by atoms with van der Waals surface area (Å²) in [5, 5.41) is 0. The highest BCUT2D eigenvalue weighted by molar-refractivity contribution is 5.76. The van der Waals surface area contributed by atoms with Gasteiger partial charge < -0.3 is 14.4 Å². The van der Waals surface area contributed by atoms with Crippen LogP contribution in [0.2, 0.25) is 0 Å². The van der Waals surface area contributed by atoms with E-state index in [2.05, 4.69) is 30.3 Å². The molecular weight excluding hydrogens is 338 g/mol. The maximum Gasteiger partial charge on any atom is 0.222 e. The molecule has 0 spiro atoms. The van der Waals surface area contributed by atoms with Crippen LogP contribution in [0.3, 0.4) is 0 Å². The predicted octanol–water partition coefficient (Wildman–Crippen LogP) is 4.12. The number of nitrogens with zero attached hydrogens (tertiary/aromatic N) is 1. The number of hydrogen-bond donors (Lipinski definition) is 0. The second-order valence-electron chi connectivity index (χ2n) is 7.19. The summed E-state index contributed by atoms with van der Waals surface area (Å²) in [5.74, 6) is 2.51. The van der Waals surface area contributed by atoms with Crippen molar-refractivity contribution >= 4 is 5.91 Å². The standard InChI is InChI=1S/C23H29NO3/c1-26-21-9-10-22(27-2)20(17-21)8-11-23(25)24-14-12-19(13-15-24)16-18-6-4-3-5-7-18/h3-7,9-10,17,19H,8,11-16H2,1-2H3. The summed E-state index contributed by atoms with van der Waals surface area (Å²) in [6.07, 6.45) is 4.46. The maximum atomic E-state index is 12.6. The van der Waals surface area contributed by atoms with E-state index in [9.17, 15) is 4.79 Å². The Bertz CT molecular complexity index is 737. The molecule has 0 atom stereocenters. The van der Waals surface area contributed by atoms with Gasteiger partial charge in [0.05, 0.1) is 14.2 Å². The zero-order valence-electron chi connectivity index (χ0n) is 16.3. The average Bonchev–Trinajstić information content (AvgIpc) is 2.73. The zero-order chi connectivity index (χ0) is 19.1. The molecule has 1 aliphatic rings. The Labute approximate surface area is 162 Å². The van der Waals surface area contributed by atoms with Gasteiger partial charge in [0, 0.05) is 19.5 Å². The Morgan fingerprint density at radius 1 is 1.04 bits per heavy atom. The Morgan fingerprint density at radius 2 is 1.78 bits per heavy atom. The van der Waals surface area contributed by atoms with Gasteiger partial charge in [-0.1, -0.05) is 30.3 Å². The molecule has 0 aromatic heterocycles. The summed E-state index contributed by atoms with van der Waals surface area (Å²) >= 11 is 0. The quantitative estimate of drug-likeness (QED) is 0.739. The first kappa shape index (κ1) is 19.3. The second-order valence-corrected chi connectivity index (χ2v) is 7.19. The predicted molar refractivity (Wildman–Crippen MR) is 107 cm³/mol. The van der Waals surface area contributed by atoms with E-state index in [0.717, 1.165) is 49.4 Å². The van der Waals surface area contributed by atoms with Gasteiger partial charge in [-0.25, -0.2) is 0 Å². The van der Waals surface area contributed by atoms with Crippen LogP contribution in [0.25, 0.3) is 0 Å². The third-order valence-corrected chi connectivity index (χ3v) is 5.43. The highest BCUT2D eigenvalue weighted by atomic mass is 16.5. The van der Waals surface area contributed by atoms with Crippen LogP contribution < -0.4 is 9.47 Å². The third-order valence-electron chi connectivity index (χ3n) is 5.43. The molecule has 144 valence electrons. The van der Waals surface area contributed by atoms with E-state index in [0.29, 0.717) is 18.8 Å². The van der Waals surface area contributed by atoms with Crippen LogP contribution in [-0.4, -0.2) is 38.1 Å². The molecule has 1 fully saturated rings. The van der Waals surface area contributed by atoms with Gasteiger partial charge in [0.2, 0.25) is 5.91 Å². The number of aryl methyl sites for hydroxylation is 1. The van der Waals surface area contributed by atoms with Crippen LogP contribution in [0.4, 0.5) is 0 Å². The Hall–Kier alpha value is -2.49. The van der Waals surface area contributed by atoms with Crippen molar-refractivity contribution in [2.45, 2.75) is 32.1 Å². The molecule has 1 amide bonds. The smallest absolute Gasteiger partial charge is 0.222 e. The van der Waals surface area contributed by atoms with E-state index in [1.165, 1.54) is 5.56 Å². The van der Waals surface area contributed by atoms with E-state index in [-0.39, 0.29) is 5.91 Å². The Morgan fingerprint density at radius 3 is 2.44 bits per heavy atom. The van der Waals surface area contributed by atoms with Crippen LogP contribution in [0.1, 0.15) is 30.4 Å². The molecule has 0 unspecified atom stereocenters. The number of methoxy groups -OCH3 is 2. The summed E-state index contributed by atoms with van der Waals surface area (Å²) in [7, 11) is 3.31. The van der Waals surface area contributed by atoms with Crippen molar-refractivity contribution in [2.24, 2.45) is 5.92 Å². The molecule has 27 heavy (non-hydrogen) atoms. The lowest BCUT2D eigenvalue weighted by Crippen LogP contribution is -2.39. The lowest BCUT2D eigenvalue weighted by molar-refractivity contribution is -0.132. The summed E-state index contributed by atoms with van der Waals surface area (Å²) in [6.45, 7) is 1.73. The molecule has 1 saturated heterocycles. The molecule has 0 saturated carbocycles. The number of carbonyl (C=O) groups is 1. The summed E-state index contributed by atoms with van der Waals surface area (Å²) in [4.78, 5) is 14.7. The van der Waals surface area contributed by atoms with Crippen LogP contribution in [-0.2, 0) is 17.6 Å². The van der Waals surface area contributed by atoms with Crippen molar-refractivity contribution in [1.29, 1.82) is 0 Å². The number of hydrogen-bond acceptors (Lipinski definition) is 3. The SMILES string of the molecule is COc1ccc(OC)c(CCC(=O)N2CCC(Cc3ccccc3)CC2)c1. The van der Waals surface area contributed by atoms with Crippen molar-refractivity contribution in [3.05, 3.63) is 59.7 Å². The van der Waals surface area contributed by atoms with Crippen LogP contribution in [0.5, 0.6) is 11.5 Å². The number of ether oxygens (including phenoxy) is 2. The van der Waals surface area contributed by atoms with Crippen molar-refractivity contribution in [1.82, 2.24) is 4.90 Å². The number of rotatable bonds is 7. The highest BCUT2D eigenvalue weighted by Crippen LogP contribution is 2.26. The first-order chi connectivity index (χ1) is 13.2. The number of carbonyl (C=O) groups excluding carboxylic acids is 1. The van der Waals surface area contributed by atoms with Gasteiger partial charge in [-0.3, -0.25) is 4.79 Å². The fraction of sp³-hybridized carbons (Fsp3) is 0.435. The number of likely N-dealkylation sites (tertiary alicyclic amines) is 1.